The van der Waals surface area contributed by atoms with Gasteiger partial charge in [-0.3, -0.25) is 9.59 Å². The van der Waals surface area contributed by atoms with E-state index in [-0.39, 0.29) is 55.1 Å². The molecule has 0 fully saturated rings. The van der Waals surface area contributed by atoms with Gasteiger partial charge in [-0.1, -0.05) is 24.3 Å². The van der Waals surface area contributed by atoms with Crippen molar-refractivity contribution in [2.24, 2.45) is 5.10 Å². The first-order valence-corrected chi connectivity index (χ1v) is 10.1. The van der Waals surface area contributed by atoms with E-state index < -0.39 is 0 Å². The zero-order chi connectivity index (χ0) is 22.4. The molecule has 0 unspecified atom stereocenters. The standard InChI is InChI=1S/C23H26F2N4O2/c1-27(2)12-13-28(15-18-4-3-5-20(25)14-18)23(31)21-10-11-22(30)29(26-21)16-17-6-8-19(24)9-7-17/h3-9,14H,10-13,15-16H2,1-2H3. The highest BCUT2D eigenvalue weighted by Crippen LogP contribution is 2.17. The zero-order valence-electron chi connectivity index (χ0n) is 17.7. The maximum atomic E-state index is 13.6. The van der Waals surface area contributed by atoms with Gasteiger partial charge in [0, 0.05) is 32.5 Å². The summed E-state index contributed by atoms with van der Waals surface area (Å²) >= 11 is 0. The summed E-state index contributed by atoms with van der Waals surface area (Å²) in [7, 11) is 3.82. The van der Waals surface area contributed by atoms with Gasteiger partial charge < -0.3 is 9.80 Å². The van der Waals surface area contributed by atoms with Crippen molar-refractivity contribution in [3.63, 3.8) is 0 Å². The van der Waals surface area contributed by atoms with Crippen LogP contribution in [0.2, 0.25) is 0 Å². The number of amides is 2. The Balaban J connectivity index is 1.78. The van der Waals surface area contributed by atoms with E-state index in [9.17, 15) is 18.4 Å². The van der Waals surface area contributed by atoms with E-state index in [4.69, 9.17) is 0 Å². The second kappa shape index (κ2) is 10.3. The Morgan fingerprint density at radius 2 is 1.74 bits per heavy atom. The molecule has 0 bridgehead atoms. The molecule has 0 atom stereocenters. The first-order chi connectivity index (χ1) is 14.8. The molecule has 1 aliphatic rings. The zero-order valence-corrected chi connectivity index (χ0v) is 17.7. The SMILES string of the molecule is CN(C)CCN(Cc1cccc(F)c1)C(=O)C1=NN(Cc2ccc(F)cc2)C(=O)CC1. The van der Waals surface area contributed by atoms with E-state index in [1.165, 1.54) is 29.3 Å². The molecule has 1 heterocycles. The summed E-state index contributed by atoms with van der Waals surface area (Å²) in [5, 5.41) is 5.58. The third kappa shape index (κ3) is 6.42. The van der Waals surface area contributed by atoms with E-state index in [2.05, 4.69) is 5.10 Å². The number of hydrogen-bond acceptors (Lipinski definition) is 4. The van der Waals surface area contributed by atoms with Crippen molar-refractivity contribution < 1.29 is 18.4 Å². The van der Waals surface area contributed by atoms with Crippen LogP contribution in [0, 0.1) is 11.6 Å². The molecule has 0 saturated heterocycles. The molecule has 2 aromatic rings. The Morgan fingerprint density at radius 3 is 2.42 bits per heavy atom. The molecule has 31 heavy (non-hydrogen) atoms. The Kier molecular flexibility index (Phi) is 7.46. The molecule has 0 radical (unpaired) electrons. The fraction of sp³-hybridized carbons (Fsp3) is 0.348. The van der Waals surface area contributed by atoms with Gasteiger partial charge in [-0.25, -0.2) is 13.8 Å². The Labute approximate surface area is 180 Å². The highest BCUT2D eigenvalue weighted by molar-refractivity contribution is 6.39. The van der Waals surface area contributed by atoms with Crippen molar-refractivity contribution in [2.75, 3.05) is 27.2 Å². The Bertz CT molecular complexity index is 960. The molecule has 0 aliphatic carbocycles. The van der Waals surface area contributed by atoms with Gasteiger partial charge in [0.15, 0.2) is 0 Å². The largest absolute Gasteiger partial charge is 0.332 e. The average Bonchev–Trinajstić information content (AvgIpc) is 2.73. The summed E-state index contributed by atoms with van der Waals surface area (Å²) in [6, 6.07) is 12.0. The molecule has 0 aromatic heterocycles. The van der Waals surface area contributed by atoms with Gasteiger partial charge in [0.1, 0.15) is 17.3 Å². The summed E-state index contributed by atoms with van der Waals surface area (Å²) in [6.45, 7) is 1.48. The van der Waals surface area contributed by atoms with Crippen LogP contribution in [0.15, 0.2) is 53.6 Å². The third-order valence-corrected chi connectivity index (χ3v) is 4.96. The van der Waals surface area contributed by atoms with Crippen LogP contribution in [0.1, 0.15) is 24.0 Å². The second-order valence-electron chi connectivity index (χ2n) is 7.78. The van der Waals surface area contributed by atoms with Crippen LogP contribution in [0.4, 0.5) is 8.78 Å². The lowest BCUT2D eigenvalue weighted by Gasteiger charge is -2.28. The van der Waals surface area contributed by atoms with Crippen molar-refractivity contribution in [2.45, 2.75) is 25.9 Å². The molecular weight excluding hydrogens is 402 g/mol. The first-order valence-electron chi connectivity index (χ1n) is 10.1. The maximum Gasteiger partial charge on any atom is 0.270 e. The van der Waals surface area contributed by atoms with Gasteiger partial charge in [-0.05, 0) is 49.5 Å². The lowest BCUT2D eigenvalue weighted by Crippen LogP contribution is -2.43. The summed E-state index contributed by atoms with van der Waals surface area (Å²) in [4.78, 5) is 29.1. The average molecular weight is 428 g/mol. The van der Waals surface area contributed by atoms with Crippen LogP contribution in [-0.2, 0) is 22.7 Å². The molecule has 8 heteroatoms. The van der Waals surface area contributed by atoms with Crippen LogP contribution < -0.4 is 0 Å². The summed E-state index contributed by atoms with van der Waals surface area (Å²) in [5.74, 6) is -1.18. The fourth-order valence-electron chi connectivity index (χ4n) is 3.25. The van der Waals surface area contributed by atoms with Gasteiger partial charge in [-0.15, -0.1) is 0 Å². The van der Waals surface area contributed by atoms with Crippen LogP contribution >= 0.6 is 0 Å². The Morgan fingerprint density at radius 1 is 1.00 bits per heavy atom. The third-order valence-electron chi connectivity index (χ3n) is 4.96. The van der Waals surface area contributed by atoms with Crippen molar-refractivity contribution in [1.29, 1.82) is 0 Å². The number of nitrogens with zero attached hydrogens (tertiary/aromatic N) is 4. The molecule has 2 aromatic carbocycles. The smallest absolute Gasteiger partial charge is 0.270 e. The molecule has 0 saturated carbocycles. The van der Waals surface area contributed by atoms with Crippen molar-refractivity contribution >= 4 is 17.5 Å². The van der Waals surface area contributed by atoms with Crippen molar-refractivity contribution in [1.82, 2.24) is 14.8 Å². The van der Waals surface area contributed by atoms with E-state index in [1.54, 1.807) is 29.2 Å². The van der Waals surface area contributed by atoms with Gasteiger partial charge in [-0.2, -0.15) is 5.10 Å². The van der Waals surface area contributed by atoms with Crippen LogP contribution in [0.25, 0.3) is 0 Å². The van der Waals surface area contributed by atoms with Crippen LogP contribution in [-0.4, -0.2) is 59.5 Å². The number of hydrazone groups is 1. The summed E-state index contributed by atoms with van der Waals surface area (Å²) in [5.41, 5.74) is 1.69. The number of likely N-dealkylation sites (N-methyl/N-ethyl adjacent to an activating group) is 1. The van der Waals surface area contributed by atoms with E-state index in [0.717, 1.165) is 5.56 Å². The molecular formula is C23H26F2N4O2. The maximum absolute atomic E-state index is 13.6. The van der Waals surface area contributed by atoms with Gasteiger partial charge in [0.2, 0.25) is 5.91 Å². The number of hydrogen-bond donors (Lipinski definition) is 0. The monoisotopic (exact) mass is 428 g/mol. The molecule has 164 valence electrons. The molecule has 2 amide bonds. The minimum absolute atomic E-state index is 0.164. The minimum atomic E-state index is -0.359. The first kappa shape index (κ1) is 22.6. The van der Waals surface area contributed by atoms with Crippen molar-refractivity contribution in [3.8, 4) is 0 Å². The lowest BCUT2D eigenvalue weighted by atomic mass is 10.1. The quantitative estimate of drug-likeness (QED) is 0.650. The molecule has 6 nitrogen and oxygen atoms in total. The topological polar surface area (TPSA) is 56.2 Å². The van der Waals surface area contributed by atoms with Gasteiger partial charge in [0.05, 0.1) is 6.54 Å². The number of halogens is 2. The summed E-state index contributed by atoms with van der Waals surface area (Å²) in [6.07, 6.45) is 0.423. The van der Waals surface area contributed by atoms with Crippen LogP contribution in [0.3, 0.4) is 0 Å². The molecule has 0 spiro atoms. The minimum Gasteiger partial charge on any atom is -0.332 e. The van der Waals surface area contributed by atoms with E-state index >= 15 is 0 Å². The normalized spacial score (nSPS) is 14.0. The van der Waals surface area contributed by atoms with Gasteiger partial charge >= 0.3 is 0 Å². The fourth-order valence-corrected chi connectivity index (χ4v) is 3.25. The highest BCUT2D eigenvalue weighted by Gasteiger charge is 2.28. The molecule has 0 N–H and O–H groups in total. The molecule has 1 aliphatic heterocycles. The predicted octanol–water partition coefficient (Wildman–Crippen LogP) is 3.03. The number of carbonyl (C=O) groups excluding carboxylic acids is 2. The second-order valence-corrected chi connectivity index (χ2v) is 7.78. The van der Waals surface area contributed by atoms with Crippen molar-refractivity contribution in [3.05, 3.63) is 71.3 Å². The van der Waals surface area contributed by atoms with E-state index in [1.807, 2.05) is 19.0 Å². The van der Waals surface area contributed by atoms with Crippen LogP contribution in [0.5, 0.6) is 0 Å². The predicted molar refractivity (Wildman–Crippen MR) is 114 cm³/mol. The van der Waals surface area contributed by atoms with Gasteiger partial charge in [0.25, 0.3) is 5.91 Å². The number of benzene rings is 2. The number of carbonyl (C=O) groups is 2. The lowest BCUT2D eigenvalue weighted by molar-refractivity contribution is -0.132. The number of rotatable bonds is 8. The van der Waals surface area contributed by atoms with E-state index in [0.29, 0.717) is 18.7 Å². The summed E-state index contributed by atoms with van der Waals surface area (Å²) < 4.78 is 26.8. The molecule has 3 rings (SSSR count). The highest BCUT2D eigenvalue weighted by atomic mass is 19.1. The Hall–Kier alpha value is -3.13.